The van der Waals surface area contributed by atoms with E-state index in [1.165, 1.54) is 18.2 Å². The van der Waals surface area contributed by atoms with Gasteiger partial charge in [-0.15, -0.1) is 0 Å². The lowest BCUT2D eigenvalue weighted by atomic mass is 9.98. The average Bonchev–Trinajstić information content (AvgIpc) is 2.41. The van der Waals surface area contributed by atoms with Crippen LogP contribution >= 0.6 is 11.6 Å². The van der Waals surface area contributed by atoms with Gasteiger partial charge in [0.1, 0.15) is 5.82 Å². The molecule has 1 amide bonds. The van der Waals surface area contributed by atoms with Gasteiger partial charge >= 0.3 is 0 Å². The molecule has 1 aliphatic rings. The van der Waals surface area contributed by atoms with E-state index in [2.05, 4.69) is 6.07 Å². The van der Waals surface area contributed by atoms with Gasteiger partial charge in [0.05, 0.1) is 11.6 Å². The quantitative estimate of drug-likeness (QED) is 0.784. The fraction of sp³-hybridized carbons (Fsp3) is 0.385. The summed E-state index contributed by atoms with van der Waals surface area (Å²) in [6.45, 7) is 0.978. The molecule has 1 saturated heterocycles. The van der Waals surface area contributed by atoms with Crippen LogP contribution in [0.5, 0.6) is 0 Å². The molecule has 0 aliphatic carbocycles. The Kier molecular flexibility index (Phi) is 3.83. The minimum atomic E-state index is -0.563. The van der Waals surface area contributed by atoms with E-state index in [9.17, 15) is 9.18 Å². The fourth-order valence-corrected chi connectivity index (χ4v) is 2.22. The lowest BCUT2D eigenvalue weighted by molar-refractivity contribution is 0.0702. The van der Waals surface area contributed by atoms with E-state index < -0.39 is 5.82 Å². The van der Waals surface area contributed by atoms with Gasteiger partial charge in [-0.2, -0.15) is 5.26 Å². The molecule has 1 heterocycles. The molecule has 0 atom stereocenters. The second-order valence-corrected chi connectivity index (χ2v) is 4.76. The molecule has 3 nitrogen and oxygen atoms in total. The Hall–Kier alpha value is -1.60. The molecule has 1 aromatic carbocycles. The first kappa shape index (κ1) is 12.8. The van der Waals surface area contributed by atoms with Crippen LogP contribution in [0.3, 0.4) is 0 Å². The Bertz CT molecular complexity index is 504. The van der Waals surface area contributed by atoms with Gasteiger partial charge in [0, 0.05) is 24.0 Å². The van der Waals surface area contributed by atoms with Gasteiger partial charge in [-0.1, -0.05) is 11.6 Å². The van der Waals surface area contributed by atoms with Gasteiger partial charge in [0.2, 0.25) is 0 Å². The molecule has 0 N–H and O–H groups in total. The fourth-order valence-electron chi connectivity index (χ4n) is 2.04. The SMILES string of the molecule is N#CC1CCN(C(=O)c2cc(Cl)ccc2F)CC1. The first-order chi connectivity index (χ1) is 8.61. The summed E-state index contributed by atoms with van der Waals surface area (Å²) in [5.41, 5.74) is -0.00194. The molecule has 0 bridgehead atoms. The minimum Gasteiger partial charge on any atom is -0.338 e. The summed E-state index contributed by atoms with van der Waals surface area (Å²) < 4.78 is 13.6. The van der Waals surface area contributed by atoms with Crippen molar-refractivity contribution < 1.29 is 9.18 Å². The summed E-state index contributed by atoms with van der Waals surface area (Å²) in [7, 11) is 0. The number of halogens is 2. The second kappa shape index (κ2) is 5.36. The first-order valence-electron chi connectivity index (χ1n) is 5.75. The van der Waals surface area contributed by atoms with E-state index in [0.29, 0.717) is 31.0 Å². The van der Waals surface area contributed by atoms with Crippen molar-refractivity contribution in [1.29, 1.82) is 5.26 Å². The van der Waals surface area contributed by atoms with Crippen molar-refractivity contribution in [2.24, 2.45) is 5.92 Å². The Morgan fingerprint density at radius 1 is 1.44 bits per heavy atom. The van der Waals surface area contributed by atoms with Crippen LogP contribution in [0.2, 0.25) is 5.02 Å². The lowest BCUT2D eigenvalue weighted by Crippen LogP contribution is -2.38. The third kappa shape index (κ3) is 2.62. The molecule has 0 spiro atoms. The summed E-state index contributed by atoms with van der Waals surface area (Å²) in [5.74, 6) is -0.920. The maximum atomic E-state index is 13.6. The molecule has 0 unspecified atom stereocenters. The van der Waals surface area contributed by atoms with Gasteiger partial charge < -0.3 is 4.90 Å². The van der Waals surface area contributed by atoms with Crippen molar-refractivity contribution in [3.63, 3.8) is 0 Å². The van der Waals surface area contributed by atoms with Crippen LogP contribution in [0, 0.1) is 23.1 Å². The van der Waals surface area contributed by atoms with Gasteiger partial charge in [0.25, 0.3) is 5.91 Å². The topological polar surface area (TPSA) is 44.1 Å². The third-order valence-electron chi connectivity index (χ3n) is 3.12. The molecule has 1 aromatic rings. The van der Waals surface area contributed by atoms with Crippen LogP contribution < -0.4 is 0 Å². The smallest absolute Gasteiger partial charge is 0.256 e. The molecule has 1 fully saturated rings. The monoisotopic (exact) mass is 266 g/mol. The van der Waals surface area contributed by atoms with E-state index in [-0.39, 0.29) is 17.4 Å². The van der Waals surface area contributed by atoms with Crippen molar-refractivity contribution in [2.75, 3.05) is 13.1 Å². The largest absolute Gasteiger partial charge is 0.338 e. The number of nitriles is 1. The molecular weight excluding hydrogens is 255 g/mol. The van der Waals surface area contributed by atoms with E-state index in [1.807, 2.05) is 0 Å². The number of rotatable bonds is 1. The number of piperidine rings is 1. The van der Waals surface area contributed by atoms with Crippen molar-refractivity contribution >= 4 is 17.5 Å². The van der Waals surface area contributed by atoms with E-state index in [4.69, 9.17) is 16.9 Å². The highest BCUT2D eigenvalue weighted by molar-refractivity contribution is 6.31. The number of carbonyl (C=O) groups excluding carboxylic acids is 1. The van der Waals surface area contributed by atoms with E-state index in [0.717, 1.165) is 0 Å². The van der Waals surface area contributed by atoms with E-state index >= 15 is 0 Å². The van der Waals surface area contributed by atoms with Crippen molar-refractivity contribution in [3.8, 4) is 6.07 Å². The van der Waals surface area contributed by atoms with Crippen LogP contribution in [-0.2, 0) is 0 Å². The zero-order chi connectivity index (χ0) is 13.1. The molecule has 0 aromatic heterocycles. The van der Waals surface area contributed by atoms with Crippen LogP contribution in [0.15, 0.2) is 18.2 Å². The maximum absolute atomic E-state index is 13.6. The summed E-state index contributed by atoms with van der Waals surface area (Å²) in [6, 6.07) is 6.14. The summed E-state index contributed by atoms with van der Waals surface area (Å²) in [5, 5.41) is 9.12. The average molecular weight is 267 g/mol. The molecular formula is C13H12ClFN2O. The van der Waals surface area contributed by atoms with Crippen molar-refractivity contribution in [3.05, 3.63) is 34.6 Å². The molecule has 18 heavy (non-hydrogen) atoms. The summed E-state index contributed by atoms with van der Waals surface area (Å²) >= 11 is 5.76. The van der Waals surface area contributed by atoms with Crippen LogP contribution in [0.1, 0.15) is 23.2 Å². The predicted octanol–water partition coefficient (Wildman–Crippen LogP) is 2.85. The van der Waals surface area contributed by atoms with Crippen LogP contribution in [-0.4, -0.2) is 23.9 Å². The molecule has 5 heteroatoms. The second-order valence-electron chi connectivity index (χ2n) is 4.32. The van der Waals surface area contributed by atoms with Crippen LogP contribution in [0.4, 0.5) is 4.39 Å². The Balaban J connectivity index is 2.13. The minimum absolute atomic E-state index is 0.00161. The first-order valence-corrected chi connectivity index (χ1v) is 6.13. The summed E-state index contributed by atoms with van der Waals surface area (Å²) in [6.07, 6.45) is 1.29. The summed E-state index contributed by atoms with van der Waals surface area (Å²) in [4.78, 5) is 13.7. The van der Waals surface area contributed by atoms with Gasteiger partial charge in [-0.05, 0) is 31.0 Å². The molecule has 1 aliphatic heterocycles. The highest BCUT2D eigenvalue weighted by Gasteiger charge is 2.25. The maximum Gasteiger partial charge on any atom is 0.256 e. The Morgan fingerprint density at radius 2 is 2.11 bits per heavy atom. The Morgan fingerprint density at radius 3 is 2.72 bits per heavy atom. The molecule has 2 rings (SSSR count). The number of hydrogen-bond acceptors (Lipinski definition) is 2. The Labute approximate surface area is 110 Å². The lowest BCUT2D eigenvalue weighted by Gasteiger charge is -2.29. The zero-order valence-electron chi connectivity index (χ0n) is 9.70. The number of carbonyl (C=O) groups is 1. The van der Waals surface area contributed by atoms with Crippen LogP contribution in [0.25, 0.3) is 0 Å². The molecule has 94 valence electrons. The van der Waals surface area contributed by atoms with E-state index in [1.54, 1.807) is 4.90 Å². The molecule has 0 radical (unpaired) electrons. The third-order valence-corrected chi connectivity index (χ3v) is 3.36. The normalized spacial score (nSPS) is 16.4. The zero-order valence-corrected chi connectivity index (χ0v) is 10.5. The van der Waals surface area contributed by atoms with Crippen molar-refractivity contribution in [1.82, 2.24) is 4.90 Å². The highest BCUT2D eigenvalue weighted by Crippen LogP contribution is 2.21. The molecule has 0 saturated carbocycles. The number of benzene rings is 1. The van der Waals surface area contributed by atoms with Gasteiger partial charge in [-0.3, -0.25) is 4.79 Å². The van der Waals surface area contributed by atoms with Gasteiger partial charge in [0.15, 0.2) is 0 Å². The number of likely N-dealkylation sites (tertiary alicyclic amines) is 1. The number of nitrogens with zero attached hydrogens (tertiary/aromatic N) is 2. The standard InChI is InChI=1S/C13H12ClFN2O/c14-10-1-2-12(15)11(7-10)13(18)17-5-3-9(8-16)4-6-17/h1-2,7,9H,3-6H2. The van der Waals surface area contributed by atoms with Crippen molar-refractivity contribution in [2.45, 2.75) is 12.8 Å². The van der Waals surface area contributed by atoms with Gasteiger partial charge in [-0.25, -0.2) is 4.39 Å². The number of amides is 1. The highest BCUT2D eigenvalue weighted by atomic mass is 35.5. The predicted molar refractivity (Wildman–Crippen MR) is 65.7 cm³/mol. The number of hydrogen-bond donors (Lipinski definition) is 0.